The van der Waals surface area contributed by atoms with Gasteiger partial charge in [0, 0.05) is 22.8 Å². The Morgan fingerprint density at radius 1 is 0.762 bits per heavy atom. The van der Waals surface area contributed by atoms with Crippen molar-refractivity contribution in [1.82, 2.24) is 0 Å². The molecule has 0 atom stereocenters. The van der Waals surface area contributed by atoms with E-state index >= 15 is 0 Å². The van der Waals surface area contributed by atoms with E-state index in [2.05, 4.69) is 0 Å². The zero-order valence-electron chi connectivity index (χ0n) is 14.6. The smallest absolute Gasteiger partial charge is 0.550 e. The molecule has 120 valence electrons. The number of carbonyl (C=O) groups excluding carboxylic acids is 2. The van der Waals surface area contributed by atoms with Crippen molar-refractivity contribution >= 4 is 49.7 Å². The van der Waals surface area contributed by atoms with Gasteiger partial charge in [-0.1, -0.05) is 67.2 Å². The number of aliphatic carboxylic acids is 2. The van der Waals surface area contributed by atoms with E-state index in [4.69, 9.17) is 0 Å². The van der Waals surface area contributed by atoms with Crippen LogP contribution in [-0.4, -0.2) is 49.7 Å². The van der Waals surface area contributed by atoms with E-state index in [1.807, 2.05) is 13.8 Å². The molecule has 4 nitrogen and oxygen atoms in total. The molecule has 0 spiro atoms. The Hall–Kier alpha value is 0.200. The fraction of sp³-hybridized carbons (Fsp3) is 0.875. The van der Waals surface area contributed by atoms with Crippen molar-refractivity contribution in [3.8, 4) is 0 Å². The summed E-state index contributed by atoms with van der Waals surface area (Å²) < 4.78 is 0. The van der Waals surface area contributed by atoms with E-state index < -0.39 is 22.8 Å². The van der Waals surface area contributed by atoms with E-state index in [1.165, 1.54) is 0 Å². The molecule has 0 aliphatic rings. The summed E-state index contributed by atoms with van der Waals surface area (Å²) in [6, 6.07) is 0. The Morgan fingerprint density at radius 2 is 1.00 bits per heavy atom. The number of carboxylic acid groups (broad SMARTS) is 2. The molecular weight excluding hydrogens is 296 g/mol. The molecule has 0 rings (SSSR count). The molecule has 5 heteroatoms. The molecule has 0 heterocycles. The van der Waals surface area contributed by atoms with Gasteiger partial charge < -0.3 is 19.8 Å². The van der Waals surface area contributed by atoms with Gasteiger partial charge in [0.1, 0.15) is 0 Å². The second kappa shape index (κ2) is 12.7. The normalized spacial score (nSPS) is 11.0. The third-order valence-electron chi connectivity index (χ3n) is 3.42. The molecule has 0 unspecified atom stereocenters. The summed E-state index contributed by atoms with van der Waals surface area (Å²) in [4.78, 5) is 20.8. The Kier molecular flexibility index (Phi) is 15.8. The van der Waals surface area contributed by atoms with Crippen LogP contribution in [0, 0.1) is 10.8 Å². The summed E-state index contributed by atoms with van der Waals surface area (Å²) >= 11 is 0. The second-order valence-corrected chi connectivity index (χ2v) is 6.55. The summed E-state index contributed by atoms with van der Waals surface area (Å²) in [6.45, 7) is 10.9. The standard InChI is InChI=1S/2C8H16O2.Ca/c2*1-4-5-6-8(2,3)7(9)10;/h2*4-6H2,1-3H3,(H,9,10);/q;;+2/p-2. The molecule has 21 heavy (non-hydrogen) atoms. The molecule has 0 radical (unpaired) electrons. The van der Waals surface area contributed by atoms with Crippen molar-refractivity contribution in [3.05, 3.63) is 0 Å². The maximum Gasteiger partial charge on any atom is 2.00 e. The molecule has 0 aliphatic heterocycles. The first-order valence-corrected chi connectivity index (χ1v) is 7.44. The average Bonchev–Trinajstić information content (AvgIpc) is 2.34. The molecule has 0 bridgehead atoms. The fourth-order valence-corrected chi connectivity index (χ4v) is 1.44. The number of unbranched alkanes of at least 4 members (excludes halogenated alkanes) is 2. The van der Waals surface area contributed by atoms with E-state index in [-0.39, 0.29) is 37.7 Å². The topological polar surface area (TPSA) is 80.3 Å². The number of hydrogen-bond donors (Lipinski definition) is 0. The molecule has 0 amide bonds. The number of hydrogen-bond acceptors (Lipinski definition) is 4. The Morgan fingerprint density at radius 3 is 1.14 bits per heavy atom. The molecule has 0 saturated carbocycles. The fourth-order valence-electron chi connectivity index (χ4n) is 1.44. The van der Waals surface area contributed by atoms with Crippen molar-refractivity contribution in [3.63, 3.8) is 0 Å². The number of carbonyl (C=O) groups is 2. The van der Waals surface area contributed by atoms with Gasteiger partial charge in [0.05, 0.1) is 0 Å². The molecule has 0 aromatic heterocycles. The molecule has 0 N–H and O–H groups in total. The van der Waals surface area contributed by atoms with Crippen LogP contribution in [0.15, 0.2) is 0 Å². The summed E-state index contributed by atoms with van der Waals surface area (Å²) in [5.74, 6) is -1.89. The van der Waals surface area contributed by atoms with Gasteiger partial charge in [-0.2, -0.15) is 0 Å². The third-order valence-corrected chi connectivity index (χ3v) is 3.42. The maximum atomic E-state index is 10.4. The average molecular weight is 326 g/mol. The van der Waals surface area contributed by atoms with Gasteiger partial charge in [0.2, 0.25) is 0 Å². The van der Waals surface area contributed by atoms with Crippen LogP contribution in [0.1, 0.15) is 80.1 Å². The van der Waals surface area contributed by atoms with Crippen LogP contribution in [0.2, 0.25) is 0 Å². The second-order valence-electron chi connectivity index (χ2n) is 6.55. The monoisotopic (exact) mass is 326 g/mol. The molecule has 0 aliphatic carbocycles. The Bertz CT molecular complexity index is 269. The van der Waals surface area contributed by atoms with Crippen molar-refractivity contribution in [2.24, 2.45) is 10.8 Å². The van der Waals surface area contributed by atoms with Crippen LogP contribution in [0.3, 0.4) is 0 Å². The van der Waals surface area contributed by atoms with Gasteiger partial charge in [-0.05, 0) is 12.8 Å². The summed E-state index contributed by atoms with van der Waals surface area (Å²) in [5, 5.41) is 20.8. The summed E-state index contributed by atoms with van der Waals surface area (Å²) in [7, 11) is 0. The number of carboxylic acids is 2. The molecule has 0 aromatic rings. The van der Waals surface area contributed by atoms with Crippen LogP contribution < -0.4 is 10.2 Å². The van der Waals surface area contributed by atoms with Gasteiger partial charge in [-0.15, -0.1) is 0 Å². The first-order chi connectivity index (χ1) is 9.01. The largest absolute Gasteiger partial charge is 2.00 e. The van der Waals surface area contributed by atoms with Crippen molar-refractivity contribution in [2.45, 2.75) is 80.1 Å². The molecule has 0 fully saturated rings. The van der Waals surface area contributed by atoms with E-state index in [0.717, 1.165) is 25.7 Å². The Balaban J connectivity index is -0.000000295. The van der Waals surface area contributed by atoms with E-state index in [0.29, 0.717) is 12.8 Å². The molecule has 0 aromatic carbocycles. The van der Waals surface area contributed by atoms with Crippen molar-refractivity contribution < 1.29 is 19.8 Å². The zero-order valence-corrected chi connectivity index (χ0v) is 16.8. The minimum Gasteiger partial charge on any atom is -0.550 e. The van der Waals surface area contributed by atoms with Crippen LogP contribution in [0.5, 0.6) is 0 Å². The maximum absolute atomic E-state index is 10.4. The SMILES string of the molecule is CCCCC(C)(C)C(=O)[O-].CCCCC(C)(C)C(=O)[O-].[Ca+2]. The summed E-state index contributed by atoms with van der Waals surface area (Å²) in [6.07, 6.45) is 5.42. The number of rotatable bonds is 8. The predicted octanol–water partition coefficient (Wildman–Crippen LogP) is 1.52. The van der Waals surface area contributed by atoms with Gasteiger partial charge in [-0.25, -0.2) is 0 Å². The first-order valence-electron chi connectivity index (χ1n) is 7.44. The van der Waals surface area contributed by atoms with Crippen LogP contribution in [0.4, 0.5) is 0 Å². The van der Waals surface area contributed by atoms with Gasteiger partial charge in [-0.3, -0.25) is 0 Å². The van der Waals surface area contributed by atoms with Crippen LogP contribution in [-0.2, 0) is 9.59 Å². The van der Waals surface area contributed by atoms with Crippen molar-refractivity contribution in [2.75, 3.05) is 0 Å². The van der Waals surface area contributed by atoms with Gasteiger partial charge >= 0.3 is 37.7 Å². The van der Waals surface area contributed by atoms with Crippen molar-refractivity contribution in [1.29, 1.82) is 0 Å². The summed E-state index contributed by atoms with van der Waals surface area (Å²) in [5.41, 5.74) is -1.29. The van der Waals surface area contributed by atoms with Crippen LogP contribution >= 0.6 is 0 Å². The van der Waals surface area contributed by atoms with Crippen LogP contribution in [0.25, 0.3) is 0 Å². The first kappa shape index (κ1) is 26.1. The third kappa shape index (κ3) is 13.6. The predicted molar refractivity (Wildman–Crippen MR) is 82.4 cm³/mol. The zero-order chi connectivity index (χ0) is 16.4. The Labute approximate surface area is 159 Å². The molecule has 0 saturated heterocycles. The van der Waals surface area contributed by atoms with E-state index in [1.54, 1.807) is 27.7 Å². The minimum absolute atomic E-state index is 0. The van der Waals surface area contributed by atoms with E-state index in [9.17, 15) is 19.8 Å². The molecular formula is C16H30CaO4. The van der Waals surface area contributed by atoms with Gasteiger partial charge in [0.25, 0.3) is 0 Å². The minimum atomic E-state index is -0.944. The van der Waals surface area contributed by atoms with Gasteiger partial charge in [0.15, 0.2) is 0 Å². The quantitative estimate of drug-likeness (QED) is 0.633.